The minimum atomic E-state index is 0.646. The molecule has 1 fully saturated rings. The van der Waals surface area contributed by atoms with Crippen molar-refractivity contribution >= 4 is 0 Å². The van der Waals surface area contributed by atoms with Crippen LogP contribution in [-0.2, 0) is 13.0 Å². The molecule has 3 heterocycles. The number of hydrogen-bond donors (Lipinski definition) is 1. The maximum Gasteiger partial charge on any atom is 0.0925 e. The predicted octanol–water partition coefficient (Wildman–Crippen LogP) is 2.64. The van der Waals surface area contributed by atoms with Gasteiger partial charge < -0.3 is 9.88 Å². The number of imidazole rings is 1. The molecule has 24 heavy (non-hydrogen) atoms. The molecule has 0 spiro atoms. The van der Waals surface area contributed by atoms with Gasteiger partial charge in [0.25, 0.3) is 0 Å². The molecule has 0 radical (unpaired) electrons. The smallest absolute Gasteiger partial charge is 0.0925 e. The number of aryl methyl sites for hydroxylation is 1. The maximum atomic E-state index is 4.51. The van der Waals surface area contributed by atoms with Crippen molar-refractivity contribution in [2.75, 3.05) is 26.2 Å². The Hall–Kier alpha value is -1.72. The zero-order valence-electron chi connectivity index (χ0n) is 14.9. The van der Waals surface area contributed by atoms with E-state index in [2.05, 4.69) is 50.7 Å². The van der Waals surface area contributed by atoms with Gasteiger partial charge in [0, 0.05) is 43.1 Å². The van der Waals surface area contributed by atoms with Crippen LogP contribution in [-0.4, -0.2) is 57.0 Å². The van der Waals surface area contributed by atoms with E-state index in [0.29, 0.717) is 6.04 Å². The topological polar surface area (TPSA) is 48.1 Å². The van der Waals surface area contributed by atoms with Crippen LogP contribution < -0.4 is 0 Å². The van der Waals surface area contributed by atoms with Gasteiger partial charge in [-0.15, -0.1) is 0 Å². The molecule has 1 N–H and O–H groups in total. The molecular formula is C19H29N5. The number of rotatable bonds is 7. The van der Waals surface area contributed by atoms with Gasteiger partial charge in [-0.05, 0) is 51.5 Å². The first-order valence-electron chi connectivity index (χ1n) is 9.11. The Bertz CT molecular complexity index is 601. The monoisotopic (exact) mass is 327 g/mol. The molecule has 1 aliphatic rings. The second-order valence-electron chi connectivity index (χ2n) is 6.68. The van der Waals surface area contributed by atoms with E-state index in [0.717, 1.165) is 19.5 Å². The van der Waals surface area contributed by atoms with Crippen molar-refractivity contribution in [3.8, 4) is 0 Å². The first-order valence-corrected chi connectivity index (χ1v) is 9.11. The highest BCUT2D eigenvalue weighted by molar-refractivity contribution is 5.09. The van der Waals surface area contributed by atoms with Gasteiger partial charge in [0.1, 0.15) is 0 Å². The van der Waals surface area contributed by atoms with Crippen molar-refractivity contribution in [3.63, 3.8) is 0 Å². The highest BCUT2D eigenvalue weighted by Crippen LogP contribution is 2.19. The lowest BCUT2D eigenvalue weighted by Gasteiger charge is -2.38. The van der Waals surface area contributed by atoms with Gasteiger partial charge >= 0.3 is 0 Å². The number of piperidine rings is 1. The molecule has 1 saturated heterocycles. The third kappa shape index (κ3) is 4.42. The average Bonchev–Trinajstić information content (AvgIpc) is 3.04. The number of nitrogens with zero attached hydrogens (tertiary/aromatic N) is 4. The van der Waals surface area contributed by atoms with Crippen LogP contribution in [0.2, 0.25) is 0 Å². The average molecular weight is 327 g/mol. The van der Waals surface area contributed by atoms with Gasteiger partial charge in [0.2, 0.25) is 0 Å². The molecule has 5 nitrogen and oxygen atoms in total. The number of aromatic amines is 1. The highest BCUT2D eigenvalue weighted by atomic mass is 15.2. The summed E-state index contributed by atoms with van der Waals surface area (Å²) in [4.78, 5) is 17.4. The van der Waals surface area contributed by atoms with Crippen molar-refractivity contribution in [1.29, 1.82) is 0 Å². The van der Waals surface area contributed by atoms with Gasteiger partial charge in [-0.2, -0.15) is 0 Å². The van der Waals surface area contributed by atoms with E-state index in [4.69, 9.17) is 0 Å². The van der Waals surface area contributed by atoms with Gasteiger partial charge in [-0.1, -0.05) is 13.0 Å². The summed E-state index contributed by atoms with van der Waals surface area (Å²) in [6, 6.07) is 6.82. The fourth-order valence-corrected chi connectivity index (χ4v) is 3.53. The summed E-state index contributed by atoms with van der Waals surface area (Å²) in [5, 5.41) is 0. The summed E-state index contributed by atoms with van der Waals surface area (Å²) < 4.78 is 0. The Kier molecular flexibility index (Phi) is 5.99. The zero-order valence-corrected chi connectivity index (χ0v) is 14.9. The quantitative estimate of drug-likeness (QED) is 0.849. The highest BCUT2D eigenvalue weighted by Gasteiger charge is 2.24. The lowest BCUT2D eigenvalue weighted by Crippen LogP contribution is -2.45. The molecule has 0 bridgehead atoms. The van der Waals surface area contributed by atoms with E-state index < -0.39 is 0 Å². The Morgan fingerprint density at radius 2 is 2.08 bits per heavy atom. The SMILES string of the molecule is CCN1CCC(N(CCc2ccccn2)Cc2nc[nH]c2C)CC1. The second kappa shape index (κ2) is 8.40. The number of pyridine rings is 1. The standard InChI is InChI=1S/C19H29N5/c1-3-23-11-8-18(9-12-23)24(14-19-16(2)21-15-22-19)13-7-17-6-4-5-10-20-17/h4-6,10,15,18H,3,7-9,11-14H2,1-2H3,(H,21,22). The lowest BCUT2D eigenvalue weighted by molar-refractivity contribution is 0.105. The summed E-state index contributed by atoms with van der Waals surface area (Å²) in [7, 11) is 0. The van der Waals surface area contributed by atoms with Crippen LogP contribution in [0.4, 0.5) is 0 Å². The van der Waals surface area contributed by atoms with Crippen LogP contribution >= 0.6 is 0 Å². The first-order chi connectivity index (χ1) is 11.8. The molecule has 0 atom stereocenters. The summed E-state index contributed by atoms with van der Waals surface area (Å²) in [6.45, 7) is 9.92. The number of nitrogens with one attached hydrogen (secondary N) is 1. The number of likely N-dealkylation sites (tertiary alicyclic amines) is 1. The lowest BCUT2D eigenvalue weighted by atomic mass is 10.0. The first kappa shape index (κ1) is 17.1. The van der Waals surface area contributed by atoms with Gasteiger partial charge in [0.15, 0.2) is 0 Å². The third-order valence-electron chi connectivity index (χ3n) is 5.19. The van der Waals surface area contributed by atoms with E-state index in [1.54, 1.807) is 6.33 Å². The van der Waals surface area contributed by atoms with Crippen molar-refractivity contribution in [2.45, 2.75) is 45.7 Å². The summed E-state index contributed by atoms with van der Waals surface area (Å²) >= 11 is 0. The van der Waals surface area contributed by atoms with E-state index in [-0.39, 0.29) is 0 Å². The number of H-pyrrole nitrogens is 1. The molecule has 0 amide bonds. The molecule has 0 saturated carbocycles. The van der Waals surface area contributed by atoms with E-state index in [1.807, 2.05) is 12.3 Å². The molecule has 0 aliphatic carbocycles. The normalized spacial score (nSPS) is 16.8. The van der Waals surface area contributed by atoms with Crippen LogP contribution in [0.25, 0.3) is 0 Å². The molecule has 2 aromatic rings. The Balaban J connectivity index is 1.65. The largest absolute Gasteiger partial charge is 0.348 e. The fraction of sp³-hybridized carbons (Fsp3) is 0.579. The molecule has 0 aromatic carbocycles. The number of aromatic nitrogens is 3. The minimum Gasteiger partial charge on any atom is -0.348 e. The second-order valence-corrected chi connectivity index (χ2v) is 6.68. The van der Waals surface area contributed by atoms with Crippen molar-refractivity contribution in [1.82, 2.24) is 24.8 Å². The van der Waals surface area contributed by atoms with Crippen molar-refractivity contribution in [3.05, 3.63) is 47.8 Å². The van der Waals surface area contributed by atoms with Gasteiger partial charge in [-0.3, -0.25) is 9.88 Å². The fourth-order valence-electron chi connectivity index (χ4n) is 3.53. The molecule has 3 rings (SSSR count). The zero-order chi connectivity index (χ0) is 16.8. The Morgan fingerprint density at radius 3 is 2.71 bits per heavy atom. The Morgan fingerprint density at radius 1 is 1.25 bits per heavy atom. The summed E-state index contributed by atoms with van der Waals surface area (Å²) in [6.07, 6.45) is 7.19. The minimum absolute atomic E-state index is 0.646. The number of hydrogen-bond acceptors (Lipinski definition) is 4. The van der Waals surface area contributed by atoms with Crippen molar-refractivity contribution in [2.24, 2.45) is 0 Å². The van der Waals surface area contributed by atoms with Gasteiger partial charge in [-0.25, -0.2) is 4.98 Å². The molecular weight excluding hydrogens is 298 g/mol. The third-order valence-corrected chi connectivity index (χ3v) is 5.19. The molecule has 130 valence electrons. The molecule has 2 aromatic heterocycles. The molecule has 5 heteroatoms. The summed E-state index contributed by atoms with van der Waals surface area (Å²) in [5.74, 6) is 0. The maximum absolute atomic E-state index is 4.51. The van der Waals surface area contributed by atoms with E-state index in [1.165, 1.54) is 49.6 Å². The van der Waals surface area contributed by atoms with Crippen molar-refractivity contribution < 1.29 is 0 Å². The van der Waals surface area contributed by atoms with E-state index >= 15 is 0 Å². The van der Waals surface area contributed by atoms with Crippen LogP contribution in [0.3, 0.4) is 0 Å². The van der Waals surface area contributed by atoms with Crippen LogP contribution in [0, 0.1) is 6.92 Å². The van der Waals surface area contributed by atoms with Crippen LogP contribution in [0.5, 0.6) is 0 Å². The molecule has 1 aliphatic heterocycles. The van der Waals surface area contributed by atoms with Gasteiger partial charge in [0.05, 0.1) is 12.0 Å². The summed E-state index contributed by atoms with van der Waals surface area (Å²) in [5.41, 5.74) is 3.53. The van der Waals surface area contributed by atoms with Crippen LogP contribution in [0.1, 0.15) is 36.8 Å². The van der Waals surface area contributed by atoms with E-state index in [9.17, 15) is 0 Å². The predicted molar refractivity (Wildman–Crippen MR) is 96.8 cm³/mol. The van der Waals surface area contributed by atoms with Crippen LogP contribution in [0.15, 0.2) is 30.7 Å². The Labute approximate surface area is 145 Å². The molecule has 0 unspecified atom stereocenters.